The molecule has 0 aliphatic heterocycles. The van der Waals surface area contributed by atoms with E-state index >= 15 is 0 Å². The maximum atomic E-state index is 2.98. The Kier molecular flexibility index (Phi) is 1.11. The summed E-state index contributed by atoms with van der Waals surface area (Å²) in [6.07, 6.45) is 6.07. The van der Waals surface area contributed by atoms with Crippen LogP contribution in [0.3, 0.4) is 0 Å². The Balaban J connectivity index is 1.97. The Morgan fingerprint density at radius 2 is 1.50 bits per heavy atom. The molecule has 0 bridgehead atoms. The largest absolute Gasteiger partial charge is 0.134 e. The predicted molar refractivity (Wildman–Crippen MR) is 38.9 cm³/mol. The second kappa shape index (κ2) is 1.70. The third-order valence-electron chi connectivity index (χ3n) is 2.72. The highest BCUT2D eigenvalue weighted by Gasteiger charge is 2.47. The lowest BCUT2D eigenvalue weighted by atomic mass is 10.0. The molecule has 0 spiro atoms. The molecule has 46 valence electrons. The van der Waals surface area contributed by atoms with Crippen molar-refractivity contribution in [1.29, 1.82) is 0 Å². The Morgan fingerprint density at radius 3 is 1.88 bits per heavy atom. The van der Waals surface area contributed by atoms with Crippen LogP contribution in [0.5, 0.6) is 0 Å². The molecule has 0 heterocycles. The van der Waals surface area contributed by atoms with Crippen molar-refractivity contribution in [2.45, 2.75) is 31.3 Å². The van der Waals surface area contributed by atoms with E-state index in [0.29, 0.717) is 0 Å². The van der Waals surface area contributed by atoms with Gasteiger partial charge in [0, 0.05) is 0 Å². The van der Waals surface area contributed by atoms with E-state index in [9.17, 15) is 0 Å². The highest BCUT2D eigenvalue weighted by molar-refractivity contribution is 7.18. The van der Waals surface area contributed by atoms with Crippen molar-refractivity contribution in [3.05, 3.63) is 0 Å². The van der Waals surface area contributed by atoms with E-state index < -0.39 is 0 Å². The first-order chi connectivity index (χ1) is 3.89. The minimum absolute atomic E-state index is 1.03. The Hall–Kier alpha value is 0.430. The Morgan fingerprint density at radius 1 is 1.00 bits per heavy atom. The van der Waals surface area contributed by atoms with Crippen LogP contribution in [0, 0.1) is 11.8 Å². The Bertz CT molecular complexity index is 88.6. The molecular weight excluding hydrogens is 115 g/mol. The number of fused-ring (bicyclic) bond motifs is 1. The second-order valence-electron chi connectivity index (χ2n) is 3.19. The molecule has 0 aromatic carbocycles. The zero-order valence-electron chi connectivity index (χ0n) is 5.14. The van der Waals surface area contributed by atoms with Gasteiger partial charge < -0.3 is 0 Å². The molecule has 2 fully saturated rings. The van der Waals surface area contributed by atoms with Crippen LogP contribution in [-0.4, -0.2) is 5.66 Å². The monoisotopic (exact) mass is 128 g/mol. The molecule has 2 aliphatic carbocycles. The summed E-state index contributed by atoms with van der Waals surface area (Å²) in [5.41, 5.74) is 1.03. The van der Waals surface area contributed by atoms with E-state index in [4.69, 9.17) is 0 Å². The fraction of sp³-hybridized carbons (Fsp3) is 1.00. The zero-order valence-corrected chi connectivity index (χ0v) is 6.29. The first-order valence-corrected chi connectivity index (χ1v) is 4.32. The van der Waals surface area contributed by atoms with Crippen molar-refractivity contribution in [2.75, 3.05) is 0 Å². The molecule has 2 aliphatic rings. The molecule has 8 heavy (non-hydrogen) atoms. The number of rotatable bonds is 0. The minimum atomic E-state index is 1.03. The van der Waals surface area contributed by atoms with Crippen LogP contribution in [0.4, 0.5) is 0 Å². The van der Waals surface area contributed by atoms with Gasteiger partial charge in [-0.3, -0.25) is 0 Å². The summed E-state index contributed by atoms with van der Waals surface area (Å²) in [5.74, 6) is 2.27. The van der Waals surface area contributed by atoms with E-state index in [-0.39, 0.29) is 0 Å². The summed E-state index contributed by atoms with van der Waals surface area (Å²) in [6, 6.07) is 0. The quantitative estimate of drug-likeness (QED) is 0.438. The fourth-order valence-corrected chi connectivity index (χ4v) is 2.88. The van der Waals surface area contributed by atoms with E-state index in [1.807, 2.05) is 0 Å². The molecule has 0 radical (unpaired) electrons. The molecule has 1 heteroatoms. The summed E-state index contributed by atoms with van der Waals surface area (Å²) < 4.78 is 0. The summed E-state index contributed by atoms with van der Waals surface area (Å²) in [7, 11) is 2.98. The lowest BCUT2D eigenvalue weighted by Crippen LogP contribution is -1.91. The summed E-state index contributed by atoms with van der Waals surface area (Å²) in [5, 5.41) is 0. The maximum Gasteiger partial charge on any atom is -0.0202 e. The van der Waals surface area contributed by atoms with Gasteiger partial charge in [-0.05, 0) is 30.3 Å². The van der Waals surface area contributed by atoms with Gasteiger partial charge in [-0.2, -0.15) is 0 Å². The number of hydrogen-bond donors (Lipinski definition) is 0. The average molecular weight is 128 g/mol. The first-order valence-electron chi connectivity index (χ1n) is 3.65. The SMILES string of the molecule is PC1C2CCCCC12. The topological polar surface area (TPSA) is 0 Å². The van der Waals surface area contributed by atoms with Gasteiger partial charge in [0.1, 0.15) is 0 Å². The van der Waals surface area contributed by atoms with Crippen LogP contribution in [0.1, 0.15) is 25.7 Å². The smallest absolute Gasteiger partial charge is 0.0202 e. The second-order valence-corrected chi connectivity index (χ2v) is 3.96. The molecule has 3 unspecified atom stereocenters. The zero-order chi connectivity index (χ0) is 5.56. The molecule has 0 saturated heterocycles. The number of hydrogen-bond acceptors (Lipinski definition) is 0. The van der Waals surface area contributed by atoms with Crippen molar-refractivity contribution in [3.8, 4) is 0 Å². The van der Waals surface area contributed by atoms with Crippen LogP contribution in [0.2, 0.25) is 0 Å². The standard InChI is InChI=1S/C7H13P/c8-7-5-3-1-2-4-6(5)7/h5-7H,1-4,8H2. The van der Waals surface area contributed by atoms with Crippen molar-refractivity contribution in [3.63, 3.8) is 0 Å². The average Bonchev–Trinajstić information content (AvgIpc) is 2.46. The normalized spacial score (nSPS) is 52.9. The molecule has 0 aromatic heterocycles. The summed E-state index contributed by atoms with van der Waals surface area (Å²) >= 11 is 0. The molecule has 0 aromatic rings. The van der Waals surface area contributed by atoms with E-state index in [0.717, 1.165) is 17.5 Å². The first kappa shape index (κ1) is 5.23. The lowest BCUT2D eigenvalue weighted by Gasteiger charge is -2.04. The summed E-state index contributed by atoms with van der Waals surface area (Å²) in [6.45, 7) is 0. The highest BCUT2D eigenvalue weighted by Crippen LogP contribution is 2.54. The van der Waals surface area contributed by atoms with E-state index in [1.54, 1.807) is 0 Å². The van der Waals surface area contributed by atoms with Crippen LogP contribution >= 0.6 is 9.24 Å². The van der Waals surface area contributed by atoms with Gasteiger partial charge in [0.15, 0.2) is 0 Å². The van der Waals surface area contributed by atoms with Gasteiger partial charge in [0.05, 0.1) is 0 Å². The van der Waals surface area contributed by atoms with Crippen molar-refractivity contribution in [1.82, 2.24) is 0 Å². The van der Waals surface area contributed by atoms with Crippen LogP contribution in [0.25, 0.3) is 0 Å². The van der Waals surface area contributed by atoms with Crippen molar-refractivity contribution in [2.24, 2.45) is 11.8 Å². The molecule has 3 atom stereocenters. The predicted octanol–water partition coefficient (Wildman–Crippen LogP) is 2.05. The van der Waals surface area contributed by atoms with Crippen molar-refractivity contribution < 1.29 is 0 Å². The molecule has 2 rings (SSSR count). The van der Waals surface area contributed by atoms with Gasteiger partial charge in [0.2, 0.25) is 0 Å². The maximum absolute atomic E-state index is 2.98. The minimum Gasteiger partial charge on any atom is -0.134 e. The molecule has 0 amide bonds. The van der Waals surface area contributed by atoms with Crippen LogP contribution < -0.4 is 0 Å². The summed E-state index contributed by atoms with van der Waals surface area (Å²) in [4.78, 5) is 0. The van der Waals surface area contributed by atoms with Crippen molar-refractivity contribution >= 4 is 9.24 Å². The van der Waals surface area contributed by atoms with Gasteiger partial charge in [-0.25, -0.2) is 0 Å². The molecule has 0 nitrogen and oxygen atoms in total. The van der Waals surface area contributed by atoms with Gasteiger partial charge in [-0.15, -0.1) is 9.24 Å². The Labute approximate surface area is 53.2 Å². The lowest BCUT2D eigenvalue weighted by molar-refractivity contribution is 0.480. The highest BCUT2D eigenvalue weighted by atomic mass is 31.0. The van der Waals surface area contributed by atoms with Gasteiger partial charge in [0.25, 0.3) is 0 Å². The van der Waals surface area contributed by atoms with E-state index in [1.165, 1.54) is 25.7 Å². The van der Waals surface area contributed by atoms with Gasteiger partial charge >= 0.3 is 0 Å². The van der Waals surface area contributed by atoms with E-state index in [2.05, 4.69) is 9.24 Å². The van der Waals surface area contributed by atoms with Gasteiger partial charge in [-0.1, -0.05) is 12.8 Å². The fourth-order valence-electron chi connectivity index (χ4n) is 2.05. The molecule has 2 saturated carbocycles. The molecular formula is C7H13P. The van der Waals surface area contributed by atoms with Crippen LogP contribution in [0.15, 0.2) is 0 Å². The van der Waals surface area contributed by atoms with Crippen LogP contribution in [-0.2, 0) is 0 Å². The molecule has 0 N–H and O–H groups in total. The third kappa shape index (κ3) is 0.624. The third-order valence-corrected chi connectivity index (χ3v) is 3.71.